The molecule has 1 saturated carbocycles. The maximum absolute atomic E-state index is 13.0. The summed E-state index contributed by atoms with van der Waals surface area (Å²) in [6.45, 7) is 0.447. The van der Waals surface area contributed by atoms with Crippen LogP contribution in [0.5, 0.6) is 0 Å². The summed E-state index contributed by atoms with van der Waals surface area (Å²) in [4.78, 5) is 31.2. The van der Waals surface area contributed by atoms with Gasteiger partial charge in [0.15, 0.2) is 0 Å². The zero-order valence-corrected chi connectivity index (χ0v) is 15.6. The van der Waals surface area contributed by atoms with Gasteiger partial charge in [-0.15, -0.1) is 11.3 Å². The number of amides is 1. The van der Waals surface area contributed by atoms with Crippen molar-refractivity contribution >= 4 is 23.2 Å². The molecule has 1 aromatic heterocycles. The molecule has 136 valence electrons. The molecule has 1 spiro atoms. The van der Waals surface area contributed by atoms with E-state index in [0.29, 0.717) is 6.54 Å². The van der Waals surface area contributed by atoms with Crippen molar-refractivity contribution in [2.45, 2.75) is 44.2 Å². The molecule has 1 aromatic carbocycles. The van der Waals surface area contributed by atoms with E-state index in [2.05, 4.69) is 4.98 Å². The predicted octanol–water partition coefficient (Wildman–Crippen LogP) is 3.64. The van der Waals surface area contributed by atoms with Crippen molar-refractivity contribution in [2.24, 2.45) is 5.92 Å². The van der Waals surface area contributed by atoms with Gasteiger partial charge < -0.3 is 9.64 Å². The number of rotatable bonds is 4. The summed E-state index contributed by atoms with van der Waals surface area (Å²) in [5.41, 5.74) is 1.40. The Morgan fingerprint density at radius 3 is 2.77 bits per heavy atom. The molecule has 1 saturated heterocycles. The molecule has 5 nitrogen and oxygen atoms in total. The van der Waals surface area contributed by atoms with E-state index in [1.165, 1.54) is 0 Å². The van der Waals surface area contributed by atoms with Gasteiger partial charge in [-0.3, -0.25) is 9.59 Å². The minimum atomic E-state index is -0.556. The van der Waals surface area contributed by atoms with Crippen molar-refractivity contribution in [1.29, 1.82) is 0 Å². The lowest BCUT2D eigenvalue weighted by atomic mass is 9.84. The molecule has 0 unspecified atom stereocenters. The van der Waals surface area contributed by atoms with Crippen LogP contribution in [0.3, 0.4) is 0 Å². The number of ether oxygens (including phenoxy) is 1. The fourth-order valence-electron chi connectivity index (χ4n) is 4.11. The van der Waals surface area contributed by atoms with E-state index in [1.54, 1.807) is 23.3 Å². The zero-order valence-electron chi connectivity index (χ0n) is 14.8. The molecule has 26 heavy (non-hydrogen) atoms. The van der Waals surface area contributed by atoms with Crippen molar-refractivity contribution in [2.75, 3.05) is 7.05 Å². The highest BCUT2D eigenvalue weighted by atomic mass is 32.1. The summed E-state index contributed by atoms with van der Waals surface area (Å²) in [6, 6.07) is 10.0. The van der Waals surface area contributed by atoms with Gasteiger partial charge in [0.05, 0.1) is 24.6 Å². The Hall–Kier alpha value is -2.21. The van der Waals surface area contributed by atoms with Gasteiger partial charge in [0.25, 0.3) is 0 Å². The minimum absolute atomic E-state index is 0.00740. The number of esters is 1. The molecule has 0 N–H and O–H groups in total. The number of benzene rings is 1. The second-order valence-electron chi connectivity index (χ2n) is 7.21. The number of carbonyl (C=O) groups excluding carboxylic acids is 2. The van der Waals surface area contributed by atoms with Crippen molar-refractivity contribution < 1.29 is 14.3 Å². The Morgan fingerprint density at radius 1 is 1.31 bits per heavy atom. The maximum Gasteiger partial charge on any atom is 0.307 e. The van der Waals surface area contributed by atoms with Gasteiger partial charge >= 0.3 is 5.97 Å². The SMILES string of the molecule is CN(Cc1csc(-c2ccccc2)n1)C(=O)[C@@H]1CC(=O)OC12CCCC2. The largest absolute Gasteiger partial charge is 0.458 e. The van der Waals surface area contributed by atoms with Crippen molar-refractivity contribution in [1.82, 2.24) is 9.88 Å². The average Bonchev–Trinajstić information content (AvgIpc) is 3.37. The number of hydrogen-bond acceptors (Lipinski definition) is 5. The Labute approximate surface area is 157 Å². The van der Waals surface area contributed by atoms with Gasteiger partial charge in [-0.25, -0.2) is 4.98 Å². The van der Waals surface area contributed by atoms with Gasteiger partial charge in [-0.1, -0.05) is 30.3 Å². The first-order valence-corrected chi connectivity index (χ1v) is 9.92. The van der Waals surface area contributed by atoms with Crippen LogP contribution in [0.2, 0.25) is 0 Å². The standard InChI is InChI=1S/C20H22N2O3S/c1-22(12-15-13-26-18(21-15)14-7-3-2-4-8-14)19(24)16-11-17(23)25-20(16)9-5-6-10-20/h2-4,7-8,13,16H,5-6,9-12H2,1H3/t16-/m0/s1. The van der Waals surface area contributed by atoms with Crippen LogP contribution in [-0.2, 0) is 20.9 Å². The molecule has 2 aliphatic rings. The Morgan fingerprint density at radius 2 is 2.04 bits per heavy atom. The number of thiazole rings is 1. The van der Waals surface area contributed by atoms with Crippen LogP contribution in [0.25, 0.3) is 10.6 Å². The summed E-state index contributed by atoms with van der Waals surface area (Å²) in [5, 5.41) is 2.95. The van der Waals surface area contributed by atoms with Crippen LogP contribution in [0.4, 0.5) is 0 Å². The van der Waals surface area contributed by atoms with Crippen LogP contribution < -0.4 is 0 Å². The lowest BCUT2D eigenvalue weighted by molar-refractivity contribution is -0.151. The van der Waals surface area contributed by atoms with Gasteiger partial charge in [-0.2, -0.15) is 0 Å². The van der Waals surface area contributed by atoms with E-state index in [1.807, 2.05) is 35.7 Å². The summed E-state index contributed by atoms with van der Waals surface area (Å²) in [7, 11) is 1.79. The molecule has 2 fully saturated rings. The van der Waals surface area contributed by atoms with Crippen molar-refractivity contribution in [3.05, 3.63) is 41.4 Å². The second kappa shape index (κ2) is 6.83. The lowest BCUT2D eigenvalue weighted by Crippen LogP contribution is -2.43. The van der Waals surface area contributed by atoms with Gasteiger partial charge in [0.1, 0.15) is 10.6 Å². The van der Waals surface area contributed by atoms with Crippen LogP contribution >= 0.6 is 11.3 Å². The molecule has 0 bridgehead atoms. The highest BCUT2D eigenvalue weighted by molar-refractivity contribution is 7.13. The topological polar surface area (TPSA) is 59.5 Å². The number of carbonyl (C=O) groups is 2. The molecule has 1 aliphatic heterocycles. The van der Waals surface area contributed by atoms with Crippen LogP contribution in [0.1, 0.15) is 37.8 Å². The van der Waals surface area contributed by atoms with E-state index in [9.17, 15) is 9.59 Å². The molecule has 2 heterocycles. The quantitative estimate of drug-likeness (QED) is 0.771. The smallest absolute Gasteiger partial charge is 0.307 e. The van der Waals surface area contributed by atoms with Gasteiger partial charge in [0, 0.05) is 18.0 Å². The van der Waals surface area contributed by atoms with Crippen LogP contribution in [0.15, 0.2) is 35.7 Å². The second-order valence-corrected chi connectivity index (χ2v) is 8.07. The third kappa shape index (κ3) is 3.14. The number of hydrogen-bond donors (Lipinski definition) is 0. The molecule has 1 atom stereocenters. The van der Waals surface area contributed by atoms with E-state index in [0.717, 1.165) is 41.9 Å². The lowest BCUT2D eigenvalue weighted by Gasteiger charge is -2.30. The molecule has 2 aromatic rings. The fraction of sp³-hybridized carbons (Fsp3) is 0.450. The first kappa shape index (κ1) is 17.2. The summed E-state index contributed by atoms with van der Waals surface area (Å²) in [6.07, 6.45) is 3.85. The molecule has 1 aliphatic carbocycles. The average molecular weight is 370 g/mol. The Balaban J connectivity index is 1.46. The first-order valence-electron chi connectivity index (χ1n) is 9.04. The van der Waals surface area contributed by atoms with E-state index in [-0.39, 0.29) is 24.2 Å². The molecule has 4 rings (SSSR count). The highest BCUT2D eigenvalue weighted by Gasteiger charge is 2.54. The number of nitrogens with zero attached hydrogens (tertiary/aromatic N) is 2. The van der Waals surface area contributed by atoms with Gasteiger partial charge in [0.2, 0.25) is 5.91 Å². The maximum atomic E-state index is 13.0. The summed E-state index contributed by atoms with van der Waals surface area (Å²) in [5.74, 6) is -0.597. The monoisotopic (exact) mass is 370 g/mol. The Kier molecular flexibility index (Phi) is 4.53. The van der Waals surface area contributed by atoms with Crippen molar-refractivity contribution in [3.63, 3.8) is 0 Å². The van der Waals surface area contributed by atoms with Crippen molar-refractivity contribution in [3.8, 4) is 10.6 Å². The summed E-state index contributed by atoms with van der Waals surface area (Å²) >= 11 is 1.58. The normalized spacial score (nSPS) is 21.1. The van der Waals surface area contributed by atoms with Crippen LogP contribution in [0, 0.1) is 5.92 Å². The molecular weight excluding hydrogens is 348 g/mol. The van der Waals surface area contributed by atoms with Crippen LogP contribution in [-0.4, -0.2) is 34.4 Å². The fourth-order valence-corrected chi connectivity index (χ4v) is 4.93. The van der Waals surface area contributed by atoms with E-state index < -0.39 is 5.60 Å². The molecular formula is C20H22N2O3S. The van der Waals surface area contributed by atoms with E-state index in [4.69, 9.17) is 4.74 Å². The predicted molar refractivity (Wildman–Crippen MR) is 99.4 cm³/mol. The molecule has 0 radical (unpaired) electrons. The minimum Gasteiger partial charge on any atom is -0.458 e. The molecule has 6 heteroatoms. The van der Waals surface area contributed by atoms with E-state index >= 15 is 0 Å². The summed E-state index contributed by atoms with van der Waals surface area (Å²) < 4.78 is 5.61. The highest BCUT2D eigenvalue weighted by Crippen LogP contribution is 2.46. The zero-order chi connectivity index (χ0) is 18.1. The number of aromatic nitrogens is 1. The first-order chi connectivity index (χ1) is 12.6. The Bertz CT molecular complexity index is 811. The molecule has 1 amide bonds. The third-order valence-corrected chi connectivity index (χ3v) is 6.36. The van der Waals surface area contributed by atoms with Gasteiger partial charge in [-0.05, 0) is 25.7 Å². The third-order valence-electron chi connectivity index (χ3n) is 5.42.